The maximum atomic E-state index is 14.0. The molecule has 0 N–H and O–H groups in total. The number of nitrogens with zero attached hydrogens (tertiary/aromatic N) is 3. The molecule has 0 aromatic heterocycles. The van der Waals surface area contributed by atoms with Crippen molar-refractivity contribution in [2.24, 2.45) is 5.11 Å². The lowest BCUT2D eigenvalue weighted by atomic mass is 9.96. The highest BCUT2D eigenvalue weighted by molar-refractivity contribution is 5.91. The summed E-state index contributed by atoms with van der Waals surface area (Å²) in [4.78, 5) is 57.3. The number of hydrogen-bond donors (Lipinski definition) is 0. The molecule has 5 aromatic carbocycles. The molecule has 348 valence electrons. The Labute approximate surface area is 386 Å². The Morgan fingerprint density at radius 3 is 1.45 bits per heavy atom. The molecule has 2 heterocycles. The van der Waals surface area contributed by atoms with E-state index in [1.807, 2.05) is 60.7 Å². The van der Waals surface area contributed by atoms with Crippen LogP contribution in [0.1, 0.15) is 49.1 Å². The average molecular weight is 916 g/mol. The van der Waals surface area contributed by atoms with Gasteiger partial charge in [-0.05, 0) is 53.1 Å². The molecule has 10 atom stereocenters. The minimum Gasteiger partial charge on any atom is -0.457 e. The summed E-state index contributed by atoms with van der Waals surface area (Å²) in [7, 11) is 1.30. The number of azide groups is 1. The van der Waals surface area contributed by atoms with E-state index in [1.165, 1.54) is 50.4 Å². The Balaban J connectivity index is 1.23. The Bertz CT molecular complexity index is 2410. The first-order chi connectivity index (χ1) is 32.7. The molecule has 5 aromatic rings. The lowest BCUT2D eigenvalue weighted by Crippen LogP contribution is -2.64. The molecule has 0 spiro atoms. The molecule has 2 saturated heterocycles. The molecule has 17 heteroatoms. The van der Waals surface area contributed by atoms with Crippen molar-refractivity contribution in [2.45, 2.75) is 81.5 Å². The maximum absolute atomic E-state index is 14.0. The van der Waals surface area contributed by atoms with Crippen LogP contribution in [0.25, 0.3) is 10.4 Å². The van der Waals surface area contributed by atoms with Gasteiger partial charge in [-0.3, -0.25) is 4.79 Å². The summed E-state index contributed by atoms with van der Waals surface area (Å²) in [6, 6.07) is 41.5. The van der Waals surface area contributed by atoms with E-state index in [1.54, 1.807) is 54.6 Å². The van der Waals surface area contributed by atoms with Gasteiger partial charge in [0.15, 0.2) is 37.0 Å². The zero-order valence-corrected chi connectivity index (χ0v) is 36.6. The van der Waals surface area contributed by atoms with E-state index in [9.17, 15) is 24.7 Å². The molecule has 0 aliphatic carbocycles. The van der Waals surface area contributed by atoms with Crippen LogP contribution < -0.4 is 0 Å². The van der Waals surface area contributed by atoms with Crippen LogP contribution in [0.2, 0.25) is 0 Å². The Kier molecular flexibility index (Phi) is 17.2. The van der Waals surface area contributed by atoms with Crippen LogP contribution in [0, 0.1) is 0 Å². The van der Waals surface area contributed by atoms with Crippen LogP contribution in [-0.4, -0.2) is 106 Å². The Hall–Kier alpha value is -6.95. The minimum absolute atomic E-state index is 0.0152. The van der Waals surface area contributed by atoms with Crippen LogP contribution >= 0.6 is 0 Å². The third-order valence-electron chi connectivity index (χ3n) is 10.8. The predicted octanol–water partition coefficient (Wildman–Crippen LogP) is 7.19. The molecule has 2 aliphatic rings. The Morgan fingerprint density at radius 2 is 0.955 bits per heavy atom. The van der Waals surface area contributed by atoms with Crippen molar-refractivity contribution in [3.8, 4) is 0 Å². The molecule has 2 fully saturated rings. The van der Waals surface area contributed by atoms with Gasteiger partial charge in [-0.1, -0.05) is 120 Å². The molecule has 0 amide bonds. The van der Waals surface area contributed by atoms with Gasteiger partial charge < -0.3 is 47.4 Å². The zero-order valence-electron chi connectivity index (χ0n) is 36.6. The third kappa shape index (κ3) is 12.9. The zero-order chi connectivity index (χ0) is 47.0. The van der Waals surface area contributed by atoms with E-state index < -0.39 is 91.8 Å². The van der Waals surface area contributed by atoms with Crippen molar-refractivity contribution >= 4 is 23.9 Å². The van der Waals surface area contributed by atoms with Crippen molar-refractivity contribution in [2.75, 3.05) is 20.3 Å². The highest BCUT2D eigenvalue weighted by Gasteiger charge is 2.55. The average Bonchev–Trinajstić information content (AvgIpc) is 3.36. The SMILES string of the molecule is CO[C@H]1O[C@H](CO[C@@H]2O[C@H](COCc3ccccc3)[C@H](OC(C)=O)[C@H](OCc3ccccc3)[C@H]2N=[N+]=[N-])[C@@H](OC(=O)c2ccccc2)[C@H](OC(=O)c2ccccc2)[C@H]1OC(=O)c1ccccc1. The standard InChI is InChI=1S/C50H49N3O14/c1-32(54)62-41-38(30-59-28-33-18-8-3-9-19-33)63-49(40(52-53-51)43(41)60-29-34-20-10-4-11-21-34)61-31-39-42(65-46(55)35-22-12-5-13-23-35)44(66-47(56)36-24-14-6-15-25-36)45(50(58-2)64-39)67-48(57)37-26-16-7-17-27-37/h3-27,38-45,49-50H,28-31H2,1-2H3/t38-,39-,40-,41+,42-,43-,44+,45-,49-,50+/m1/s1. The predicted molar refractivity (Wildman–Crippen MR) is 237 cm³/mol. The molecule has 0 saturated carbocycles. The van der Waals surface area contributed by atoms with E-state index in [2.05, 4.69) is 10.0 Å². The second-order valence-corrected chi connectivity index (χ2v) is 15.4. The molecule has 7 rings (SSSR count). The van der Waals surface area contributed by atoms with Gasteiger partial charge in [0.05, 0.1) is 43.1 Å². The quantitative estimate of drug-likeness (QED) is 0.0264. The number of carbonyl (C=O) groups is 4. The number of hydrogen-bond acceptors (Lipinski definition) is 15. The number of ether oxygens (including phenoxy) is 10. The summed E-state index contributed by atoms with van der Waals surface area (Å²) in [6.45, 7) is 0.790. The fourth-order valence-electron chi connectivity index (χ4n) is 7.60. The first kappa shape index (κ1) is 48.0. The molecule has 0 bridgehead atoms. The summed E-state index contributed by atoms with van der Waals surface area (Å²) < 4.78 is 61.7. The Morgan fingerprint density at radius 1 is 0.522 bits per heavy atom. The third-order valence-corrected chi connectivity index (χ3v) is 10.8. The van der Waals surface area contributed by atoms with Crippen molar-refractivity contribution < 1.29 is 66.5 Å². The van der Waals surface area contributed by atoms with Crippen LogP contribution in [0.4, 0.5) is 0 Å². The molecule has 0 unspecified atom stereocenters. The second kappa shape index (κ2) is 24.0. The highest BCUT2D eigenvalue weighted by atomic mass is 16.7. The van der Waals surface area contributed by atoms with Gasteiger partial charge in [-0.25, -0.2) is 14.4 Å². The summed E-state index contributed by atoms with van der Waals surface area (Å²) in [5.41, 5.74) is 12.0. The lowest BCUT2D eigenvalue weighted by Gasteiger charge is -2.46. The van der Waals surface area contributed by atoms with Crippen LogP contribution in [-0.2, 0) is 65.4 Å². The lowest BCUT2D eigenvalue weighted by molar-refractivity contribution is -0.316. The second-order valence-electron chi connectivity index (χ2n) is 15.4. The smallest absolute Gasteiger partial charge is 0.338 e. The largest absolute Gasteiger partial charge is 0.457 e. The van der Waals surface area contributed by atoms with E-state index in [0.717, 1.165) is 11.1 Å². The summed E-state index contributed by atoms with van der Waals surface area (Å²) in [6.07, 6.45) is -12.2. The molecular formula is C50H49N3O14. The van der Waals surface area contributed by atoms with Crippen molar-refractivity contribution in [1.82, 2.24) is 0 Å². The number of benzene rings is 5. The first-order valence-corrected chi connectivity index (χ1v) is 21.4. The maximum Gasteiger partial charge on any atom is 0.338 e. The van der Waals surface area contributed by atoms with Gasteiger partial charge in [0.25, 0.3) is 0 Å². The monoisotopic (exact) mass is 915 g/mol. The van der Waals surface area contributed by atoms with Crippen LogP contribution in [0.3, 0.4) is 0 Å². The van der Waals surface area contributed by atoms with Gasteiger partial charge in [0, 0.05) is 18.9 Å². The van der Waals surface area contributed by atoms with Gasteiger partial charge in [-0.15, -0.1) is 0 Å². The van der Waals surface area contributed by atoms with Crippen LogP contribution in [0.5, 0.6) is 0 Å². The van der Waals surface area contributed by atoms with Crippen molar-refractivity contribution in [1.29, 1.82) is 0 Å². The highest BCUT2D eigenvalue weighted by Crippen LogP contribution is 2.34. The normalized spacial score (nSPS) is 24.6. The topological polar surface area (TPSA) is 209 Å². The van der Waals surface area contributed by atoms with Gasteiger partial charge in [0.1, 0.15) is 24.4 Å². The fourth-order valence-corrected chi connectivity index (χ4v) is 7.60. The molecule has 2 aliphatic heterocycles. The molecule has 17 nitrogen and oxygen atoms in total. The minimum atomic E-state index is -1.57. The molecule has 0 radical (unpaired) electrons. The fraction of sp³-hybridized carbons (Fsp3) is 0.320. The summed E-state index contributed by atoms with van der Waals surface area (Å²) in [5.74, 6) is -3.14. The van der Waals surface area contributed by atoms with Crippen molar-refractivity contribution in [3.63, 3.8) is 0 Å². The number of carbonyl (C=O) groups excluding carboxylic acids is 4. The summed E-state index contributed by atoms with van der Waals surface area (Å²) in [5, 5.41) is 4.04. The van der Waals surface area contributed by atoms with E-state index in [4.69, 9.17) is 47.4 Å². The number of rotatable bonds is 19. The number of methoxy groups -OCH3 is 1. The first-order valence-electron chi connectivity index (χ1n) is 21.4. The van der Waals surface area contributed by atoms with Gasteiger partial charge >= 0.3 is 23.9 Å². The van der Waals surface area contributed by atoms with Crippen molar-refractivity contribution in [3.05, 3.63) is 190 Å². The van der Waals surface area contributed by atoms with Gasteiger partial charge in [-0.2, -0.15) is 0 Å². The molecule has 67 heavy (non-hydrogen) atoms. The number of esters is 4. The van der Waals surface area contributed by atoms with E-state index >= 15 is 0 Å². The van der Waals surface area contributed by atoms with E-state index in [-0.39, 0.29) is 36.5 Å². The summed E-state index contributed by atoms with van der Waals surface area (Å²) >= 11 is 0. The van der Waals surface area contributed by atoms with Crippen LogP contribution in [0.15, 0.2) is 157 Å². The van der Waals surface area contributed by atoms with Gasteiger partial charge in [0.2, 0.25) is 0 Å². The molecular weight excluding hydrogens is 867 g/mol. The van der Waals surface area contributed by atoms with E-state index in [0.29, 0.717) is 0 Å².